The summed E-state index contributed by atoms with van der Waals surface area (Å²) in [7, 11) is 1.50. The first-order valence-electron chi connectivity index (χ1n) is 9.55. The molecule has 0 aromatic heterocycles. The average Bonchev–Trinajstić information content (AvgIpc) is 2.60. The van der Waals surface area contributed by atoms with E-state index in [1.54, 1.807) is 12.1 Å². The Morgan fingerprint density at radius 1 is 0.815 bits per heavy atom. The van der Waals surface area contributed by atoms with Gasteiger partial charge in [-0.15, -0.1) is 0 Å². The number of ether oxygens (including phenoxy) is 1. The van der Waals surface area contributed by atoms with Crippen molar-refractivity contribution in [2.45, 2.75) is 93.1 Å². The van der Waals surface area contributed by atoms with Gasteiger partial charge in [0.2, 0.25) is 0 Å². The molecular formula is C24H42F2O. The van der Waals surface area contributed by atoms with E-state index in [0.29, 0.717) is 11.1 Å². The zero-order chi connectivity index (χ0) is 17.1. The standard InChI is InChI=1S/C21H30F2O.3CH4/c1-14-3-5-15(6-4-14)16-7-9-17(10-8-16)19-12-11-18(13-24-2)20(22)21(19)23;;;/h11-12,14-17H,3-10,13H2,1-2H3;3*1H4. The topological polar surface area (TPSA) is 9.23 Å². The predicted octanol–water partition coefficient (Wildman–Crippen LogP) is 8.12. The molecule has 0 radical (unpaired) electrons. The molecule has 27 heavy (non-hydrogen) atoms. The third-order valence-corrected chi connectivity index (χ3v) is 6.43. The zero-order valence-corrected chi connectivity index (χ0v) is 15.0. The van der Waals surface area contributed by atoms with Crippen LogP contribution in [0.2, 0.25) is 0 Å². The number of rotatable bonds is 4. The van der Waals surface area contributed by atoms with Crippen LogP contribution >= 0.6 is 0 Å². The number of benzene rings is 1. The highest BCUT2D eigenvalue weighted by Gasteiger charge is 2.31. The van der Waals surface area contributed by atoms with Gasteiger partial charge in [-0.25, -0.2) is 8.78 Å². The molecule has 0 saturated heterocycles. The minimum atomic E-state index is -0.724. The number of hydrogen-bond donors (Lipinski definition) is 0. The fourth-order valence-electron chi connectivity index (χ4n) is 4.85. The number of halogens is 2. The minimum absolute atomic E-state index is 0. The zero-order valence-electron chi connectivity index (χ0n) is 15.0. The first-order valence-corrected chi connectivity index (χ1v) is 9.55. The molecule has 3 rings (SSSR count). The molecule has 2 aliphatic rings. The van der Waals surface area contributed by atoms with Gasteiger partial charge in [-0.2, -0.15) is 0 Å². The molecule has 1 nitrogen and oxygen atoms in total. The van der Waals surface area contributed by atoms with Crippen LogP contribution in [0, 0.1) is 29.4 Å². The van der Waals surface area contributed by atoms with E-state index in [1.807, 2.05) is 0 Å². The molecule has 0 unspecified atom stereocenters. The van der Waals surface area contributed by atoms with E-state index in [1.165, 1.54) is 45.6 Å². The van der Waals surface area contributed by atoms with E-state index in [9.17, 15) is 8.78 Å². The summed E-state index contributed by atoms with van der Waals surface area (Å²) in [6, 6.07) is 3.46. The van der Waals surface area contributed by atoms with E-state index >= 15 is 0 Å². The summed E-state index contributed by atoms with van der Waals surface area (Å²) in [5.41, 5.74) is 0.881. The van der Waals surface area contributed by atoms with Gasteiger partial charge < -0.3 is 4.74 Å². The quantitative estimate of drug-likeness (QED) is 0.509. The van der Waals surface area contributed by atoms with Gasteiger partial charge in [-0.1, -0.05) is 54.2 Å². The van der Waals surface area contributed by atoms with Crippen molar-refractivity contribution in [3.63, 3.8) is 0 Å². The van der Waals surface area contributed by atoms with Crippen LogP contribution in [0.5, 0.6) is 0 Å². The average molecular weight is 385 g/mol. The highest BCUT2D eigenvalue weighted by molar-refractivity contribution is 5.29. The lowest BCUT2D eigenvalue weighted by Gasteiger charge is -2.37. The largest absolute Gasteiger partial charge is 0.380 e. The molecule has 0 bridgehead atoms. The molecular weight excluding hydrogens is 342 g/mol. The van der Waals surface area contributed by atoms with Crippen LogP contribution in [-0.4, -0.2) is 7.11 Å². The van der Waals surface area contributed by atoms with E-state index in [4.69, 9.17) is 4.74 Å². The van der Waals surface area contributed by atoms with E-state index in [2.05, 4.69) is 6.92 Å². The van der Waals surface area contributed by atoms with Crippen molar-refractivity contribution in [3.05, 3.63) is 34.9 Å². The van der Waals surface area contributed by atoms with Crippen LogP contribution < -0.4 is 0 Å². The second-order valence-electron chi connectivity index (χ2n) is 8.01. The summed E-state index contributed by atoms with van der Waals surface area (Å²) >= 11 is 0. The van der Waals surface area contributed by atoms with Crippen LogP contribution in [0.4, 0.5) is 8.78 Å². The Bertz CT molecular complexity index is 542. The second kappa shape index (κ2) is 11.8. The van der Waals surface area contributed by atoms with Crippen molar-refractivity contribution >= 4 is 0 Å². The molecule has 0 heterocycles. The summed E-state index contributed by atoms with van der Waals surface area (Å²) < 4.78 is 33.5. The highest BCUT2D eigenvalue weighted by Crippen LogP contribution is 2.44. The SMILES string of the molecule is C.C.C.COCc1ccc(C2CCC(C3CCC(C)CC3)CC2)c(F)c1F. The molecule has 0 amide bonds. The Kier molecular flexibility index (Phi) is 11.4. The Hall–Kier alpha value is -0.960. The van der Waals surface area contributed by atoms with Crippen molar-refractivity contribution in [1.29, 1.82) is 0 Å². The number of methoxy groups -OCH3 is 1. The Balaban J connectivity index is 0.00000225. The van der Waals surface area contributed by atoms with Gasteiger partial charge in [-0.3, -0.25) is 0 Å². The molecule has 2 aliphatic carbocycles. The molecule has 1 aromatic carbocycles. The van der Waals surface area contributed by atoms with Gasteiger partial charge in [0.25, 0.3) is 0 Å². The smallest absolute Gasteiger partial charge is 0.164 e. The molecule has 0 atom stereocenters. The molecule has 2 saturated carbocycles. The van der Waals surface area contributed by atoms with Gasteiger partial charge >= 0.3 is 0 Å². The van der Waals surface area contributed by atoms with Gasteiger partial charge in [0.05, 0.1) is 6.61 Å². The van der Waals surface area contributed by atoms with Crippen LogP contribution in [-0.2, 0) is 11.3 Å². The predicted molar refractivity (Wildman–Crippen MR) is 113 cm³/mol. The summed E-state index contributed by atoms with van der Waals surface area (Å²) in [6.07, 6.45) is 9.80. The van der Waals surface area contributed by atoms with Crippen molar-refractivity contribution in [2.24, 2.45) is 17.8 Å². The molecule has 0 N–H and O–H groups in total. The molecule has 0 aliphatic heterocycles. The van der Waals surface area contributed by atoms with Crippen molar-refractivity contribution < 1.29 is 13.5 Å². The van der Waals surface area contributed by atoms with Crippen molar-refractivity contribution in [3.8, 4) is 0 Å². The van der Waals surface area contributed by atoms with Crippen LogP contribution in [0.1, 0.15) is 97.6 Å². The third-order valence-electron chi connectivity index (χ3n) is 6.43. The summed E-state index contributed by atoms with van der Waals surface area (Å²) in [5, 5.41) is 0. The first-order chi connectivity index (χ1) is 11.6. The molecule has 3 heteroatoms. The molecule has 0 spiro atoms. The van der Waals surface area contributed by atoms with Gasteiger partial charge in [-0.05, 0) is 67.8 Å². The highest BCUT2D eigenvalue weighted by atomic mass is 19.2. The van der Waals surface area contributed by atoms with E-state index < -0.39 is 11.6 Å². The summed E-state index contributed by atoms with van der Waals surface area (Å²) in [4.78, 5) is 0. The number of hydrogen-bond acceptors (Lipinski definition) is 1. The maximum Gasteiger partial charge on any atom is 0.164 e. The van der Waals surface area contributed by atoms with Gasteiger partial charge in [0.15, 0.2) is 11.6 Å². The Labute approximate surface area is 166 Å². The second-order valence-corrected chi connectivity index (χ2v) is 8.01. The fraction of sp³-hybridized carbons (Fsp3) is 0.750. The maximum absolute atomic E-state index is 14.4. The van der Waals surface area contributed by atoms with Crippen LogP contribution in [0.3, 0.4) is 0 Å². The lowest BCUT2D eigenvalue weighted by Crippen LogP contribution is -2.25. The molecule has 158 valence electrons. The summed E-state index contributed by atoms with van der Waals surface area (Å²) in [5.74, 6) is 1.36. The fourth-order valence-corrected chi connectivity index (χ4v) is 4.85. The van der Waals surface area contributed by atoms with E-state index in [-0.39, 0.29) is 34.8 Å². The Morgan fingerprint density at radius 3 is 1.85 bits per heavy atom. The Morgan fingerprint density at radius 2 is 1.33 bits per heavy atom. The van der Waals surface area contributed by atoms with Crippen LogP contribution in [0.15, 0.2) is 12.1 Å². The van der Waals surface area contributed by atoms with Crippen molar-refractivity contribution in [1.82, 2.24) is 0 Å². The lowest BCUT2D eigenvalue weighted by atomic mass is 9.68. The van der Waals surface area contributed by atoms with E-state index in [0.717, 1.165) is 30.6 Å². The van der Waals surface area contributed by atoms with Crippen LogP contribution in [0.25, 0.3) is 0 Å². The maximum atomic E-state index is 14.4. The van der Waals surface area contributed by atoms with Gasteiger partial charge in [0.1, 0.15) is 0 Å². The molecule has 1 aromatic rings. The monoisotopic (exact) mass is 384 g/mol. The molecule has 2 fully saturated rings. The minimum Gasteiger partial charge on any atom is -0.380 e. The lowest BCUT2D eigenvalue weighted by molar-refractivity contribution is 0.164. The first kappa shape index (κ1) is 26.0. The van der Waals surface area contributed by atoms with Crippen molar-refractivity contribution in [2.75, 3.05) is 7.11 Å². The summed E-state index contributed by atoms with van der Waals surface area (Å²) in [6.45, 7) is 2.48. The third kappa shape index (κ3) is 6.01. The normalized spacial score (nSPS) is 27.7. The van der Waals surface area contributed by atoms with Gasteiger partial charge in [0, 0.05) is 12.7 Å².